The van der Waals surface area contributed by atoms with Crippen molar-refractivity contribution in [2.45, 2.75) is 12.1 Å². The lowest BCUT2D eigenvalue weighted by molar-refractivity contribution is -0.0243. The Morgan fingerprint density at radius 3 is 2.32 bits per heavy atom. The van der Waals surface area contributed by atoms with Gasteiger partial charge in [0.25, 0.3) is 0 Å². The maximum Gasteiger partial charge on any atom is 0.141 e. The van der Waals surface area contributed by atoms with Gasteiger partial charge in [0.05, 0.1) is 12.9 Å². The quantitative estimate of drug-likeness (QED) is 0.760. The van der Waals surface area contributed by atoms with Crippen molar-refractivity contribution in [3.8, 4) is 5.75 Å². The first-order valence-electron chi connectivity index (χ1n) is 7.18. The van der Waals surface area contributed by atoms with Crippen LogP contribution >= 0.6 is 0 Å². The van der Waals surface area contributed by atoms with E-state index in [1.165, 1.54) is 0 Å². The second kappa shape index (κ2) is 6.45. The fraction of sp³-hybridized carbons (Fsp3) is 0.167. The van der Waals surface area contributed by atoms with Crippen molar-refractivity contribution in [2.75, 3.05) is 6.61 Å². The zero-order chi connectivity index (χ0) is 15.3. The third-order valence-corrected chi connectivity index (χ3v) is 3.54. The van der Waals surface area contributed by atoms with Gasteiger partial charge in [-0.05, 0) is 17.7 Å². The van der Waals surface area contributed by atoms with Crippen molar-refractivity contribution in [1.29, 1.82) is 0 Å². The molecule has 22 heavy (non-hydrogen) atoms. The first-order chi connectivity index (χ1) is 10.8. The fourth-order valence-electron chi connectivity index (χ4n) is 2.37. The van der Waals surface area contributed by atoms with Gasteiger partial charge < -0.3 is 14.4 Å². The van der Waals surface area contributed by atoms with E-state index < -0.39 is 5.60 Å². The average Bonchev–Trinajstić information content (AvgIpc) is 3.08. The summed E-state index contributed by atoms with van der Waals surface area (Å²) >= 11 is 0. The molecule has 0 aliphatic carbocycles. The minimum absolute atomic E-state index is 0.166. The van der Waals surface area contributed by atoms with E-state index in [9.17, 15) is 5.11 Å². The molecule has 1 N–H and O–H groups in total. The molecule has 1 unspecified atom stereocenters. The predicted octanol–water partition coefficient (Wildman–Crippen LogP) is 2.85. The Bertz CT molecular complexity index is 684. The van der Waals surface area contributed by atoms with Crippen LogP contribution in [0.1, 0.15) is 5.56 Å². The van der Waals surface area contributed by atoms with Crippen LogP contribution in [0.4, 0.5) is 0 Å². The third-order valence-electron chi connectivity index (χ3n) is 3.54. The number of para-hydroxylation sites is 1. The number of ether oxygens (including phenoxy) is 1. The molecule has 4 heteroatoms. The average molecular weight is 294 g/mol. The summed E-state index contributed by atoms with van der Waals surface area (Å²) in [5, 5.41) is 11.1. The summed E-state index contributed by atoms with van der Waals surface area (Å²) in [6.07, 6.45) is 5.22. The van der Waals surface area contributed by atoms with E-state index in [1.807, 2.05) is 71.4 Å². The molecule has 0 saturated carbocycles. The van der Waals surface area contributed by atoms with E-state index in [0.29, 0.717) is 6.54 Å². The van der Waals surface area contributed by atoms with E-state index in [4.69, 9.17) is 4.74 Å². The molecule has 0 saturated heterocycles. The van der Waals surface area contributed by atoms with Gasteiger partial charge in [-0.2, -0.15) is 0 Å². The predicted molar refractivity (Wildman–Crippen MR) is 84.5 cm³/mol. The Kier molecular flexibility index (Phi) is 4.21. The van der Waals surface area contributed by atoms with Crippen LogP contribution in [-0.2, 0) is 12.1 Å². The first-order valence-corrected chi connectivity index (χ1v) is 7.18. The lowest BCUT2D eigenvalue weighted by atomic mass is 9.94. The molecule has 4 nitrogen and oxygen atoms in total. The normalized spacial score (nSPS) is 13.5. The van der Waals surface area contributed by atoms with Crippen LogP contribution in [0.2, 0.25) is 0 Å². The smallest absolute Gasteiger partial charge is 0.141 e. The van der Waals surface area contributed by atoms with Crippen LogP contribution in [0.25, 0.3) is 0 Å². The molecule has 0 spiro atoms. The molecule has 112 valence electrons. The molecule has 1 atom stereocenters. The van der Waals surface area contributed by atoms with Crippen LogP contribution in [0.5, 0.6) is 5.75 Å². The highest BCUT2D eigenvalue weighted by atomic mass is 16.5. The van der Waals surface area contributed by atoms with E-state index in [0.717, 1.165) is 11.3 Å². The van der Waals surface area contributed by atoms with Crippen LogP contribution < -0.4 is 4.74 Å². The SMILES string of the molecule is OC(COc1ccccc1)(Cn1ccnc1)c1ccccc1. The van der Waals surface area contributed by atoms with Crippen molar-refractivity contribution >= 4 is 0 Å². The molecule has 0 amide bonds. The van der Waals surface area contributed by atoms with Crippen molar-refractivity contribution in [2.24, 2.45) is 0 Å². The number of nitrogens with zero attached hydrogens (tertiary/aromatic N) is 2. The van der Waals surface area contributed by atoms with E-state index >= 15 is 0 Å². The Morgan fingerprint density at radius 2 is 1.68 bits per heavy atom. The van der Waals surface area contributed by atoms with Gasteiger partial charge in [-0.1, -0.05) is 48.5 Å². The van der Waals surface area contributed by atoms with Crippen LogP contribution in [0, 0.1) is 0 Å². The number of rotatable bonds is 6. The minimum atomic E-state index is -1.13. The van der Waals surface area contributed by atoms with Gasteiger partial charge in [-0.3, -0.25) is 0 Å². The van der Waals surface area contributed by atoms with E-state index in [2.05, 4.69) is 4.98 Å². The summed E-state index contributed by atoms with van der Waals surface area (Å²) in [4.78, 5) is 4.03. The molecule has 1 heterocycles. The molecule has 2 aromatic carbocycles. The number of aliphatic hydroxyl groups is 1. The highest BCUT2D eigenvalue weighted by molar-refractivity contribution is 5.25. The van der Waals surface area contributed by atoms with E-state index in [-0.39, 0.29) is 6.61 Å². The van der Waals surface area contributed by atoms with Gasteiger partial charge >= 0.3 is 0 Å². The lowest BCUT2D eigenvalue weighted by Gasteiger charge is -2.29. The molecule has 0 aliphatic rings. The van der Waals surface area contributed by atoms with Gasteiger partial charge in [0.2, 0.25) is 0 Å². The molecule has 0 bridgehead atoms. The second-order valence-electron chi connectivity index (χ2n) is 5.23. The fourth-order valence-corrected chi connectivity index (χ4v) is 2.37. The summed E-state index contributed by atoms with van der Waals surface area (Å²) in [7, 11) is 0. The Labute approximate surface area is 129 Å². The number of hydrogen-bond donors (Lipinski definition) is 1. The number of aromatic nitrogens is 2. The second-order valence-corrected chi connectivity index (χ2v) is 5.23. The van der Waals surface area contributed by atoms with Crippen LogP contribution in [0.15, 0.2) is 79.4 Å². The molecule has 0 radical (unpaired) electrons. The largest absolute Gasteiger partial charge is 0.490 e. The van der Waals surface area contributed by atoms with Gasteiger partial charge in [-0.15, -0.1) is 0 Å². The highest BCUT2D eigenvalue weighted by Gasteiger charge is 2.31. The standard InChI is InChI=1S/C18H18N2O2/c21-18(13-20-12-11-19-15-20,16-7-3-1-4-8-16)14-22-17-9-5-2-6-10-17/h1-12,15,21H,13-14H2. The number of hydrogen-bond acceptors (Lipinski definition) is 3. The Balaban J connectivity index is 1.82. The molecule has 0 fully saturated rings. The Hall–Kier alpha value is -2.59. The van der Waals surface area contributed by atoms with Gasteiger partial charge in [0.1, 0.15) is 18.0 Å². The molecule has 3 rings (SSSR count). The summed E-state index contributed by atoms with van der Waals surface area (Å²) in [5.74, 6) is 0.738. The van der Waals surface area contributed by atoms with Crippen molar-refractivity contribution in [3.63, 3.8) is 0 Å². The number of benzene rings is 2. The maximum atomic E-state index is 11.1. The summed E-state index contributed by atoms with van der Waals surface area (Å²) in [6, 6.07) is 19.1. The topological polar surface area (TPSA) is 47.3 Å². The first kappa shape index (κ1) is 14.4. The maximum absolute atomic E-state index is 11.1. The number of imidazole rings is 1. The van der Waals surface area contributed by atoms with Crippen LogP contribution in [-0.4, -0.2) is 21.3 Å². The molecular formula is C18H18N2O2. The van der Waals surface area contributed by atoms with Gasteiger partial charge in [0, 0.05) is 12.4 Å². The highest BCUT2D eigenvalue weighted by Crippen LogP contribution is 2.25. The summed E-state index contributed by atoms with van der Waals surface area (Å²) < 4.78 is 7.64. The molecule has 0 aliphatic heterocycles. The van der Waals surface area contributed by atoms with E-state index in [1.54, 1.807) is 12.5 Å². The van der Waals surface area contributed by atoms with Crippen molar-refractivity contribution in [3.05, 3.63) is 84.9 Å². The zero-order valence-corrected chi connectivity index (χ0v) is 12.2. The zero-order valence-electron chi connectivity index (χ0n) is 12.2. The summed E-state index contributed by atoms with van der Waals surface area (Å²) in [6.45, 7) is 0.545. The van der Waals surface area contributed by atoms with Crippen LogP contribution in [0.3, 0.4) is 0 Å². The molecular weight excluding hydrogens is 276 g/mol. The minimum Gasteiger partial charge on any atom is -0.490 e. The molecule has 3 aromatic rings. The molecule has 1 aromatic heterocycles. The van der Waals surface area contributed by atoms with Crippen molar-refractivity contribution < 1.29 is 9.84 Å². The lowest BCUT2D eigenvalue weighted by Crippen LogP contribution is -2.37. The van der Waals surface area contributed by atoms with Gasteiger partial charge in [0.15, 0.2) is 0 Å². The van der Waals surface area contributed by atoms with Crippen molar-refractivity contribution in [1.82, 2.24) is 9.55 Å². The third kappa shape index (κ3) is 3.35. The monoisotopic (exact) mass is 294 g/mol. The summed E-state index contributed by atoms with van der Waals surface area (Å²) in [5.41, 5.74) is -0.308. The Morgan fingerprint density at radius 1 is 1.00 bits per heavy atom. The van der Waals surface area contributed by atoms with Gasteiger partial charge in [-0.25, -0.2) is 4.98 Å².